The number of quaternary nitrogens is 1. The van der Waals surface area contributed by atoms with E-state index in [-0.39, 0.29) is 29.3 Å². The van der Waals surface area contributed by atoms with Gasteiger partial charge in [-0.2, -0.15) is 0 Å². The van der Waals surface area contributed by atoms with Gasteiger partial charge < -0.3 is 14.7 Å². The number of carbonyl (C=O) groups excluding carboxylic acids is 1. The minimum absolute atomic E-state index is 0.0512. The Morgan fingerprint density at radius 3 is 2.65 bits per heavy atom. The predicted octanol–water partition coefficient (Wildman–Crippen LogP) is 2.81. The highest BCUT2D eigenvalue weighted by Gasteiger charge is 2.60. The Bertz CT molecular complexity index is 828. The van der Waals surface area contributed by atoms with E-state index in [0.29, 0.717) is 5.92 Å². The van der Waals surface area contributed by atoms with Gasteiger partial charge >= 0.3 is 5.97 Å². The molecule has 2 aliphatic heterocycles. The molecule has 2 saturated heterocycles. The van der Waals surface area contributed by atoms with Crippen LogP contribution in [0, 0.1) is 29.1 Å². The first-order valence-electron chi connectivity index (χ1n) is 12.4. The van der Waals surface area contributed by atoms with Crippen molar-refractivity contribution >= 4 is 5.97 Å². The van der Waals surface area contributed by atoms with Gasteiger partial charge in [-0.3, -0.25) is 4.79 Å². The third kappa shape index (κ3) is 3.76. The normalized spacial score (nSPS) is 42.4. The number of piperidine rings is 1. The number of benzene rings is 1. The Labute approximate surface area is 186 Å². The van der Waals surface area contributed by atoms with Gasteiger partial charge in [0.1, 0.15) is 12.0 Å². The van der Waals surface area contributed by atoms with E-state index in [9.17, 15) is 9.90 Å². The second-order valence-corrected chi connectivity index (χ2v) is 10.9. The zero-order valence-electron chi connectivity index (χ0n) is 19.1. The van der Waals surface area contributed by atoms with Crippen LogP contribution in [0.15, 0.2) is 42.0 Å². The third-order valence-corrected chi connectivity index (χ3v) is 9.26. The van der Waals surface area contributed by atoms with Gasteiger partial charge in [0, 0.05) is 17.8 Å². The maximum atomic E-state index is 12.9. The molecule has 1 aromatic carbocycles. The number of hydrogen-bond acceptors (Lipinski definition) is 3. The molecule has 0 bridgehead atoms. The molecule has 6 atom stereocenters. The molecule has 0 aromatic heterocycles. The summed E-state index contributed by atoms with van der Waals surface area (Å²) in [6.07, 6.45) is 8.29. The van der Waals surface area contributed by atoms with Crippen molar-refractivity contribution in [3.05, 3.63) is 47.5 Å². The average molecular weight is 425 g/mol. The minimum Gasteiger partial charge on any atom is -0.461 e. The summed E-state index contributed by atoms with van der Waals surface area (Å²) in [5.41, 5.74) is 2.55. The average Bonchev–Trinajstić information content (AvgIpc) is 3.07. The molecule has 4 heteroatoms. The number of allylic oxidation sites excluding steroid dienone is 1. The monoisotopic (exact) mass is 424 g/mol. The van der Waals surface area contributed by atoms with Crippen molar-refractivity contribution in [3.8, 4) is 0 Å². The largest absolute Gasteiger partial charge is 0.461 e. The molecule has 4 aliphatic rings. The van der Waals surface area contributed by atoms with Crippen molar-refractivity contribution in [2.24, 2.45) is 29.1 Å². The quantitative estimate of drug-likeness (QED) is 0.577. The zero-order chi connectivity index (χ0) is 21.6. The van der Waals surface area contributed by atoms with Crippen LogP contribution in [-0.2, 0) is 16.0 Å². The van der Waals surface area contributed by atoms with Crippen molar-refractivity contribution in [2.45, 2.75) is 64.6 Å². The van der Waals surface area contributed by atoms with Gasteiger partial charge in [0.2, 0.25) is 0 Å². The molecule has 1 aromatic rings. The number of likely N-dealkylation sites (tertiary alicyclic amines) is 1. The van der Waals surface area contributed by atoms with E-state index >= 15 is 0 Å². The molecule has 31 heavy (non-hydrogen) atoms. The van der Waals surface area contributed by atoms with Crippen LogP contribution >= 0.6 is 0 Å². The number of hydrogen-bond donors (Lipinski definition) is 2. The highest BCUT2D eigenvalue weighted by molar-refractivity contribution is 5.76. The van der Waals surface area contributed by atoms with Crippen molar-refractivity contribution in [1.29, 1.82) is 0 Å². The van der Waals surface area contributed by atoms with Crippen LogP contribution in [0.3, 0.4) is 0 Å². The maximum Gasteiger partial charge on any atom is 0.315 e. The van der Waals surface area contributed by atoms with Gasteiger partial charge in [-0.1, -0.05) is 55.8 Å². The van der Waals surface area contributed by atoms with E-state index in [2.05, 4.69) is 50.3 Å². The predicted molar refractivity (Wildman–Crippen MR) is 121 cm³/mol. The van der Waals surface area contributed by atoms with Crippen LogP contribution < -0.4 is 4.90 Å². The number of ether oxygens (including phenoxy) is 1. The summed E-state index contributed by atoms with van der Waals surface area (Å²) < 4.78 is 5.87. The Morgan fingerprint density at radius 1 is 1.16 bits per heavy atom. The fourth-order valence-electron chi connectivity index (χ4n) is 7.05. The first-order valence-corrected chi connectivity index (χ1v) is 12.4. The van der Waals surface area contributed by atoms with Gasteiger partial charge in [0.05, 0.1) is 25.7 Å². The molecule has 1 saturated carbocycles. The molecule has 2 heterocycles. The molecule has 2 aliphatic carbocycles. The molecule has 5 rings (SSSR count). The first-order chi connectivity index (χ1) is 15.0. The number of fused-ring (bicyclic) bond motifs is 2. The van der Waals surface area contributed by atoms with Gasteiger partial charge in [0.25, 0.3) is 0 Å². The van der Waals surface area contributed by atoms with E-state index in [4.69, 9.17) is 4.74 Å². The molecular formula is C27H38NO3+. The number of rotatable bonds is 4. The summed E-state index contributed by atoms with van der Waals surface area (Å²) in [5.74, 6) is 0.909. The number of aliphatic hydroxyl groups excluding tert-OH is 1. The van der Waals surface area contributed by atoms with E-state index in [1.54, 1.807) is 0 Å². The first kappa shape index (κ1) is 21.2. The Morgan fingerprint density at radius 2 is 1.90 bits per heavy atom. The topological polar surface area (TPSA) is 51.0 Å². The fourth-order valence-corrected chi connectivity index (χ4v) is 7.05. The number of aliphatic hydroxyl groups is 1. The Kier molecular flexibility index (Phi) is 5.72. The molecule has 0 radical (unpaired) electrons. The smallest absolute Gasteiger partial charge is 0.315 e. The van der Waals surface area contributed by atoms with Crippen molar-refractivity contribution < 1.29 is 19.5 Å². The van der Waals surface area contributed by atoms with Crippen molar-refractivity contribution in [3.63, 3.8) is 0 Å². The standard InChI is InChI=1S/C27H37NO3/c1-18-7-6-10-21-16-23-24(25(29)27(18,21)2)22(26(30)31-23)17-28-13-11-20(12-14-28)15-19-8-4-3-5-9-19/h3-5,8-10,18,20,22-25,29H,6-7,11-17H2,1-2H3/p+1/t18-,22+,23+,24+,25+,27+/m0/s1. The SMILES string of the molecule is C[C@H]1CCC=C2C[C@H]3OC(=O)[C@H](C[NH+]4CCC(Cc5ccccc5)CC4)[C@H]3[C@@H](O)[C@@]21C. The number of esters is 1. The molecule has 168 valence electrons. The van der Waals surface area contributed by atoms with E-state index in [1.165, 1.54) is 28.9 Å². The van der Waals surface area contributed by atoms with Gasteiger partial charge in [-0.05, 0) is 49.5 Å². The number of nitrogens with one attached hydrogen (secondary N) is 1. The molecule has 3 fully saturated rings. The van der Waals surface area contributed by atoms with E-state index < -0.39 is 6.10 Å². The lowest BCUT2D eigenvalue weighted by atomic mass is 9.55. The minimum atomic E-state index is -0.487. The van der Waals surface area contributed by atoms with Crippen LogP contribution in [0.1, 0.15) is 51.5 Å². The molecule has 4 nitrogen and oxygen atoms in total. The summed E-state index contributed by atoms with van der Waals surface area (Å²) in [6.45, 7) is 7.55. The second kappa shape index (κ2) is 8.37. The highest BCUT2D eigenvalue weighted by Crippen LogP contribution is 2.55. The summed E-state index contributed by atoms with van der Waals surface area (Å²) in [6, 6.07) is 10.8. The van der Waals surface area contributed by atoms with Crippen molar-refractivity contribution in [1.82, 2.24) is 0 Å². The Balaban J connectivity index is 1.24. The summed E-state index contributed by atoms with van der Waals surface area (Å²) >= 11 is 0. The van der Waals surface area contributed by atoms with Crippen LogP contribution in [0.25, 0.3) is 0 Å². The number of carbonyl (C=O) groups is 1. The summed E-state index contributed by atoms with van der Waals surface area (Å²) in [7, 11) is 0. The van der Waals surface area contributed by atoms with Gasteiger partial charge in [-0.25, -0.2) is 0 Å². The lowest BCUT2D eigenvalue weighted by Crippen LogP contribution is -3.14. The van der Waals surface area contributed by atoms with E-state index in [0.717, 1.165) is 51.2 Å². The summed E-state index contributed by atoms with van der Waals surface area (Å²) in [4.78, 5) is 14.4. The van der Waals surface area contributed by atoms with Gasteiger partial charge in [-0.15, -0.1) is 0 Å². The Hall–Kier alpha value is -1.65. The van der Waals surface area contributed by atoms with Gasteiger partial charge in [0.15, 0.2) is 0 Å². The van der Waals surface area contributed by atoms with Crippen LogP contribution in [0.5, 0.6) is 0 Å². The fraction of sp³-hybridized carbons (Fsp3) is 0.667. The molecule has 2 N–H and O–H groups in total. The summed E-state index contributed by atoms with van der Waals surface area (Å²) in [5, 5.41) is 11.5. The van der Waals surface area contributed by atoms with Crippen LogP contribution in [0.4, 0.5) is 0 Å². The molecule has 0 spiro atoms. The van der Waals surface area contributed by atoms with Crippen LogP contribution in [0.2, 0.25) is 0 Å². The highest BCUT2D eigenvalue weighted by atomic mass is 16.6. The van der Waals surface area contributed by atoms with Crippen molar-refractivity contribution in [2.75, 3.05) is 19.6 Å². The van der Waals surface area contributed by atoms with Crippen LogP contribution in [-0.4, -0.2) is 42.9 Å². The third-order valence-electron chi connectivity index (χ3n) is 9.26. The molecular weight excluding hydrogens is 386 g/mol. The molecule has 0 unspecified atom stereocenters. The maximum absolute atomic E-state index is 12.9. The lowest BCUT2D eigenvalue weighted by Gasteiger charge is -2.51. The second-order valence-electron chi connectivity index (χ2n) is 10.9. The van der Waals surface area contributed by atoms with E-state index in [1.807, 2.05) is 0 Å². The molecule has 0 amide bonds. The lowest BCUT2D eigenvalue weighted by molar-refractivity contribution is -0.909. The zero-order valence-corrected chi connectivity index (χ0v) is 19.1.